The highest BCUT2D eigenvalue weighted by Crippen LogP contribution is 2.29. The minimum atomic E-state index is -0.0441. The van der Waals surface area contributed by atoms with Gasteiger partial charge in [-0.15, -0.1) is 0 Å². The van der Waals surface area contributed by atoms with E-state index >= 15 is 0 Å². The van der Waals surface area contributed by atoms with Crippen molar-refractivity contribution in [3.05, 3.63) is 72.3 Å². The third kappa shape index (κ3) is 4.04. The summed E-state index contributed by atoms with van der Waals surface area (Å²) in [6.45, 7) is 3.27. The van der Waals surface area contributed by atoms with Gasteiger partial charge in [0.15, 0.2) is 0 Å². The number of aromatic nitrogens is 3. The van der Waals surface area contributed by atoms with E-state index in [1.807, 2.05) is 24.4 Å². The summed E-state index contributed by atoms with van der Waals surface area (Å²) in [4.78, 5) is 11.3. The molecule has 0 spiro atoms. The van der Waals surface area contributed by atoms with Crippen LogP contribution in [0.2, 0.25) is 0 Å². The minimum absolute atomic E-state index is 0.0441. The molecule has 1 aliphatic heterocycles. The summed E-state index contributed by atoms with van der Waals surface area (Å²) in [6.07, 6.45) is 5.81. The Morgan fingerprint density at radius 1 is 1.09 bits per heavy atom. The molecule has 0 saturated carbocycles. The minimum Gasteiger partial charge on any atom is -0.497 e. The van der Waals surface area contributed by atoms with Crippen LogP contribution in [0, 0.1) is 0 Å². The number of nitrogens with zero attached hydrogens (tertiary/aromatic N) is 4. The molecule has 1 fully saturated rings. The van der Waals surface area contributed by atoms with E-state index in [0.717, 1.165) is 42.2 Å². The van der Waals surface area contributed by atoms with Crippen LogP contribution in [0.25, 0.3) is 22.0 Å². The lowest BCUT2D eigenvalue weighted by Crippen LogP contribution is -2.38. The fourth-order valence-electron chi connectivity index (χ4n) is 4.31. The predicted octanol–water partition coefficient (Wildman–Crippen LogP) is 3.80. The number of nitrogen functional groups attached to an aromatic ring is 1. The molecule has 1 atom stereocenters. The normalized spacial score (nSPS) is 17.0. The summed E-state index contributed by atoms with van der Waals surface area (Å²) in [5.41, 5.74) is 11.1. The molecule has 0 amide bonds. The number of rotatable bonds is 5. The molecule has 3 aromatic heterocycles. The molecule has 4 aromatic rings. The van der Waals surface area contributed by atoms with Gasteiger partial charge in [0.1, 0.15) is 17.7 Å². The molecule has 4 heterocycles. The van der Waals surface area contributed by atoms with E-state index in [1.54, 1.807) is 19.4 Å². The van der Waals surface area contributed by atoms with Crippen LogP contribution in [0.5, 0.6) is 5.75 Å². The molecule has 1 aliphatic rings. The Labute approximate surface area is 187 Å². The smallest absolute Gasteiger partial charge is 0.123 e. The molecule has 2 N–H and O–H groups in total. The van der Waals surface area contributed by atoms with Crippen molar-refractivity contribution < 1.29 is 9.47 Å². The van der Waals surface area contributed by atoms with Gasteiger partial charge in [-0.05, 0) is 35.9 Å². The SMILES string of the molecule is COc1ccc2c(CN3CCOC(c4ccc(-c5ccc(N)nc5)cn4)C3)cn(C)c2c1. The Bertz CT molecular complexity index is 1220. The molecule has 32 heavy (non-hydrogen) atoms. The first-order valence-electron chi connectivity index (χ1n) is 10.7. The molecule has 1 unspecified atom stereocenters. The second kappa shape index (κ2) is 8.61. The van der Waals surface area contributed by atoms with Crippen molar-refractivity contribution in [3.63, 3.8) is 0 Å². The third-order valence-electron chi connectivity index (χ3n) is 6.06. The number of ether oxygens (including phenoxy) is 2. The second-order valence-electron chi connectivity index (χ2n) is 8.19. The average Bonchev–Trinajstić information content (AvgIpc) is 3.14. The molecule has 7 heteroatoms. The van der Waals surface area contributed by atoms with Crippen molar-refractivity contribution in [2.75, 3.05) is 32.5 Å². The van der Waals surface area contributed by atoms with Crippen molar-refractivity contribution in [2.45, 2.75) is 12.6 Å². The Kier molecular flexibility index (Phi) is 5.51. The number of hydrogen-bond donors (Lipinski definition) is 1. The van der Waals surface area contributed by atoms with E-state index in [-0.39, 0.29) is 6.10 Å². The first-order chi connectivity index (χ1) is 15.6. The molecule has 164 valence electrons. The fraction of sp³-hybridized carbons (Fsp3) is 0.280. The summed E-state index contributed by atoms with van der Waals surface area (Å²) in [7, 11) is 3.78. The van der Waals surface area contributed by atoms with Crippen LogP contribution in [0.4, 0.5) is 5.82 Å². The van der Waals surface area contributed by atoms with Crippen LogP contribution in [-0.4, -0.2) is 46.2 Å². The zero-order chi connectivity index (χ0) is 22.1. The molecule has 7 nitrogen and oxygen atoms in total. The topological polar surface area (TPSA) is 78.4 Å². The molecular weight excluding hydrogens is 402 g/mol. The quantitative estimate of drug-likeness (QED) is 0.520. The van der Waals surface area contributed by atoms with Crippen molar-refractivity contribution in [2.24, 2.45) is 7.05 Å². The number of anilines is 1. The van der Waals surface area contributed by atoms with Crippen LogP contribution >= 0.6 is 0 Å². The Morgan fingerprint density at radius 3 is 2.62 bits per heavy atom. The van der Waals surface area contributed by atoms with Gasteiger partial charge in [-0.1, -0.05) is 6.07 Å². The highest BCUT2D eigenvalue weighted by atomic mass is 16.5. The first kappa shape index (κ1) is 20.5. The molecular formula is C25H27N5O2. The van der Waals surface area contributed by atoms with Crippen LogP contribution in [-0.2, 0) is 18.3 Å². The van der Waals surface area contributed by atoms with Gasteiger partial charge in [0.2, 0.25) is 0 Å². The maximum atomic E-state index is 6.06. The number of fused-ring (bicyclic) bond motifs is 1. The number of nitrogens with two attached hydrogens (primary N) is 1. The number of aryl methyl sites for hydroxylation is 1. The Balaban J connectivity index is 1.30. The van der Waals surface area contributed by atoms with Crippen molar-refractivity contribution in [1.29, 1.82) is 0 Å². The van der Waals surface area contributed by atoms with E-state index in [0.29, 0.717) is 12.4 Å². The zero-order valence-corrected chi connectivity index (χ0v) is 18.4. The monoisotopic (exact) mass is 429 g/mol. The van der Waals surface area contributed by atoms with E-state index < -0.39 is 0 Å². The van der Waals surface area contributed by atoms with Crippen molar-refractivity contribution in [1.82, 2.24) is 19.4 Å². The molecule has 0 radical (unpaired) electrons. The summed E-state index contributed by atoms with van der Waals surface area (Å²) < 4.78 is 13.6. The Morgan fingerprint density at radius 2 is 1.91 bits per heavy atom. The van der Waals surface area contributed by atoms with Gasteiger partial charge >= 0.3 is 0 Å². The van der Waals surface area contributed by atoms with Crippen LogP contribution in [0.1, 0.15) is 17.4 Å². The van der Waals surface area contributed by atoms with Gasteiger partial charge in [-0.25, -0.2) is 4.98 Å². The van der Waals surface area contributed by atoms with Crippen LogP contribution in [0.3, 0.4) is 0 Å². The lowest BCUT2D eigenvalue weighted by atomic mass is 10.1. The lowest BCUT2D eigenvalue weighted by molar-refractivity contribution is -0.0348. The standard InChI is InChI=1S/C25H27N5O2/c1-29-14-19(21-6-5-20(31-2)11-23(21)29)15-30-9-10-32-24(16-30)22-7-3-17(12-27-22)18-4-8-25(26)28-13-18/h3-8,11-14,24H,9-10,15-16H2,1-2H3,(H2,26,28). The van der Waals surface area contributed by atoms with Gasteiger partial charge < -0.3 is 19.8 Å². The number of morpholine rings is 1. The number of methoxy groups -OCH3 is 1. The van der Waals surface area contributed by atoms with E-state index in [9.17, 15) is 0 Å². The van der Waals surface area contributed by atoms with Gasteiger partial charge in [0.05, 0.1) is 24.9 Å². The van der Waals surface area contributed by atoms with Crippen molar-refractivity contribution >= 4 is 16.7 Å². The molecule has 1 aromatic carbocycles. The second-order valence-corrected chi connectivity index (χ2v) is 8.19. The van der Waals surface area contributed by atoms with Gasteiger partial charge in [-0.2, -0.15) is 0 Å². The highest BCUT2D eigenvalue weighted by molar-refractivity contribution is 5.85. The summed E-state index contributed by atoms with van der Waals surface area (Å²) >= 11 is 0. The molecule has 5 rings (SSSR count). The molecule has 1 saturated heterocycles. The Hall–Kier alpha value is -3.42. The van der Waals surface area contributed by atoms with Crippen molar-refractivity contribution in [3.8, 4) is 16.9 Å². The number of benzene rings is 1. The van der Waals surface area contributed by atoms with E-state index in [2.05, 4.69) is 50.9 Å². The maximum absolute atomic E-state index is 6.06. The van der Waals surface area contributed by atoms with Gasteiger partial charge in [-0.3, -0.25) is 9.88 Å². The number of pyridine rings is 2. The highest BCUT2D eigenvalue weighted by Gasteiger charge is 2.24. The fourth-order valence-corrected chi connectivity index (χ4v) is 4.31. The first-order valence-corrected chi connectivity index (χ1v) is 10.7. The average molecular weight is 430 g/mol. The number of hydrogen-bond acceptors (Lipinski definition) is 6. The van der Waals surface area contributed by atoms with Gasteiger partial charge in [0.25, 0.3) is 0 Å². The van der Waals surface area contributed by atoms with E-state index in [4.69, 9.17) is 15.2 Å². The molecule has 0 bridgehead atoms. The predicted molar refractivity (Wildman–Crippen MR) is 125 cm³/mol. The van der Waals surface area contributed by atoms with Crippen LogP contribution < -0.4 is 10.5 Å². The van der Waals surface area contributed by atoms with E-state index in [1.165, 1.54) is 16.5 Å². The largest absolute Gasteiger partial charge is 0.497 e. The summed E-state index contributed by atoms with van der Waals surface area (Å²) in [5.74, 6) is 1.39. The lowest BCUT2D eigenvalue weighted by Gasteiger charge is -2.32. The van der Waals surface area contributed by atoms with Crippen LogP contribution in [0.15, 0.2) is 61.1 Å². The maximum Gasteiger partial charge on any atom is 0.123 e. The third-order valence-corrected chi connectivity index (χ3v) is 6.06. The zero-order valence-electron chi connectivity index (χ0n) is 18.4. The summed E-state index contributed by atoms with van der Waals surface area (Å²) in [6, 6.07) is 14.1. The molecule has 0 aliphatic carbocycles. The van der Waals surface area contributed by atoms with Gasteiger partial charge in [0, 0.05) is 67.9 Å². The summed E-state index contributed by atoms with van der Waals surface area (Å²) in [5, 5.41) is 1.26.